The molecule has 0 fully saturated rings. The van der Waals surface area contributed by atoms with E-state index in [2.05, 4.69) is 0 Å². The van der Waals surface area contributed by atoms with Gasteiger partial charge in [-0.2, -0.15) is 0 Å². The van der Waals surface area contributed by atoms with E-state index >= 15 is 0 Å². The Balaban J connectivity index is 0.000000423. The van der Waals surface area contributed by atoms with E-state index in [-0.39, 0.29) is 11.5 Å². The zero-order valence-corrected chi connectivity index (χ0v) is 9.23. The molecule has 0 aliphatic carbocycles. The van der Waals surface area contributed by atoms with Crippen LogP contribution in [0.25, 0.3) is 0 Å². The normalized spacial score (nSPS) is 8.93. The van der Waals surface area contributed by atoms with Crippen LogP contribution in [-0.4, -0.2) is 16.5 Å². The summed E-state index contributed by atoms with van der Waals surface area (Å²) in [7, 11) is 0. The van der Waals surface area contributed by atoms with Crippen LogP contribution in [0.2, 0.25) is 0 Å². The molecule has 84 valence electrons. The average Bonchev–Trinajstić information content (AvgIpc) is 2.24. The number of hydrogen-bond acceptors (Lipinski definition) is 3. The predicted molar refractivity (Wildman–Crippen MR) is 60.1 cm³/mol. The van der Waals surface area contributed by atoms with Crippen LogP contribution >= 0.6 is 0 Å². The van der Waals surface area contributed by atoms with Gasteiger partial charge in [0.1, 0.15) is 17.8 Å². The second kappa shape index (κ2) is 7.85. The first kappa shape index (κ1) is 13.5. The van der Waals surface area contributed by atoms with E-state index in [4.69, 9.17) is 5.11 Å². The lowest BCUT2D eigenvalue weighted by atomic mass is 10.1. The highest BCUT2D eigenvalue weighted by molar-refractivity contribution is 5.48. The van der Waals surface area contributed by atoms with Gasteiger partial charge in [0.2, 0.25) is 0 Å². The van der Waals surface area contributed by atoms with Crippen LogP contribution in [0.5, 0.6) is 11.5 Å². The molecule has 15 heavy (non-hydrogen) atoms. The number of carbonyl (C=O) groups is 1. The SMILES string of the molecule is CCC=O.CCCc1cc(O)ccc1O. The van der Waals surface area contributed by atoms with Crippen LogP contribution < -0.4 is 0 Å². The lowest BCUT2D eigenvalue weighted by Crippen LogP contribution is -1.82. The molecule has 0 amide bonds. The van der Waals surface area contributed by atoms with Gasteiger partial charge in [-0.1, -0.05) is 20.3 Å². The summed E-state index contributed by atoms with van der Waals surface area (Å²) < 4.78 is 0. The molecular weight excluding hydrogens is 192 g/mol. The highest BCUT2D eigenvalue weighted by Crippen LogP contribution is 2.22. The maximum atomic E-state index is 9.25. The monoisotopic (exact) mass is 210 g/mol. The van der Waals surface area contributed by atoms with E-state index in [9.17, 15) is 9.90 Å². The predicted octanol–water partition coefficient (Wildman–Crippen LogP) is 2.65. The Hall–Kier alpha value is -1.51. The Morgan fingerprint density at radius 1 is 1.27 bits per heavy atom. The third kappa shape index (κ3) is 5.73. The molecule has 1 rings (SSSR count). The Kier molecular flexibility index (Phi) is 7.06. The van der Waals surface area contributed by atoms with Gasteiger partial charge in [0.25, 0.3) is 0 Å². The summed E-state index contributed by atoms with van der Waals surface area (Å²) in [6.07, 6.45) is 3.29. The summed E-state index contributed by atoms with van der Waals surface area (Å²) in [4.78, 5) is 9.17. The first-order chi connectivity index (χ1) is 7.15. The molecule has 0 aliphatic heterocycles. The molecule has 0 radical (unpaired) electrons. The van der Waals surface area contributed by atoms with Crippen molar-refractivity contribution in [3.8, 4) is 11.5 Å². The van der Waals surface area contributed by atoms with Crippen molar-refractivity contribution in [2.75, 3.05) is 0 Å². The van der Waals surface area contributed by atoms with Gasteiger partial charge in [-0.05, 0) is 30.2 Å². The van der Waals surface area contributed by atoms with Gasteiger partial charge < -0.3 is 15.0 Å². The fourth-order valence-corrected chi connectivity index (χ4v) is 1.04. The number of carbonyl (C=O) groups excluding carboxylic acids is 1. The zero-order valence-electron chi connectivity index (χ0n) is 9.23. The summed E-state index contributed by atoms with van der Waals surface area (Å²) in [5, 5.41) is 18.3. The van der Waals surface area contributed by atoms with Crippen molar-refractivity contribution < 1.29 is 15.0 Å². The number of benzene rings is 1. The number of phenolic OH excluding ortho intramolecular Hbond substituents is 2. The van der Waals surface area contributed by atoms with Crippen molar-refractivity contribution in [1.29, 1.82) is 0 Å². The van der Waals surface area contributed by atoms with Crippen molar-refractivity contribution in [3.05, 3.63) is 23.8 Å². The van der Waals surface area contributed by atoms with E-state index in [1.807, 2.05) is 13.8 Å². The van der Waals surface area contributed by atoms with Crippen molar-refractivity contribution in [3.63, 3.8) is 0 Å². The molecule has 1 aromatic rings. The Bertz CT molecular complexity index is 295. The number of rotatable bonds is 3. The summed E-state index contributed by atoms with van der Waals surface area (Å²) in [5.41, 5.74) is 0.813. The highest BCUT2D eigenvalue weighted by Gasteiger charge is 1.99. The standard InChI is InChI=1S/C9H12O2.C3H6O/c1-2-3-7-6-8(10)4-5-9(7)11;1-2-3-4/h4-6,10-11H,2-3H2,1H3;3H,2H2,1H3. The summed E-state index contributed by atoms with van der Waals surface area (Å²) in [6, 6.07) is 4.59. The van der Waals surface area contributed by atoms with Crippen molar-refractivity contribution in [2.24, 2.45) is 0 Å². The molecule has 0 heterocycles. The van der Waals surface area contributed by atoms with Crippen molar-refractivity contribution in [1.82, 2.24) is 0 Å². The van der Waals surface area contributed by atoms with E-state index in [0.29, 0.717) is 6.42 Å². The van der Waals surface area contributed by atoms with Gasteiger partial charge in [0.05, 0.1) is 0 Å². The molecule has 3 nitrogen and oxygen atoms in total. The van der Waals surface area contributed by atoms with Crippen LogP contribution in [0.3, 0.4) is 0 Å². The van der Waals surface area contributed by atoms with E-state index < -0.39 is 0 Å². The lowest BCUT2D eigenvalue weighted by molar-refractivity contribution is -0.107. The second-order valence-corrected chi connectivity index (χ2v) is 3.14. The van der Waals surface area contributed by atoms with Gasteiger partial charge in [0.15, 0.2) is 0 Å². The van der Waals surface area contributed by atoms with Crippen LogP contribution in [0, 0.1) is 0 Å². The molecule has 0 saturated heterocycles. The quantitative estimate of drug-likeness (QED) is 0.595. The average molecular weight is 210 g/mol. The minimum absolute atomic E-state index is 0.214. The molecule has 1 aromatic carbocycles. The zero-order chi connectivity index (χ0) is 11.7. The summed E-state index contributed by atoms with van der Waals surface area (Å²) >= 11 is 0. The summed E-state index contributed by atoms with van der Waals surface area (Å²) in [5.74, 6) is 0.482. The largest absolute Gasteiger partial charge is 0.508 e. The minimum atomic E-state index is 0.214. The smallest absolute Gasteiger partial charge is 0.119 e. The third-order valence-electron chi connectivity index (χ3n) is 1.75. The van der Waals surface area contributed by atoms with Crippen molar-refractivity contribution >= 4 is 6.29 Å². The molecule has 0 bridgehead atoms. The fourth-order valence-electron chi connectivity index (χ4n) is 1.04. The lowest BCUT2D eigenvalue weighted by Gasteiger charge is -2.02. The molecule has 2 N–H and O–H groups in total. The van der Waals surface area contributed by atoms with Crippen LogP contribution in [0.1, 0.15) is 32.3 Å². The van der Waals surface area contributed by atoms with Crippen LogP contribution in [0.4, 0.5) is 0 Å². The molecule has 0 atom stereocenters. The van der Waals surface area contributed by atoms with E-state index in [0.717, 1.165) is 24.7 Å². The molecule has 0 saturated carbocycles. The topological polar surface area (TPSA) is 57.5 Å². The Labute approximate surface area is 90.4 Å². The molecule has 0 aromatic heterocycles. The number of aldehydes is 1. The third-order valence-corrected chi connectivity index (χ3v) is 1.75. The number of hydrogen-bond donors (Lipinski definition) is 2. The van der Waals surface area contributed by atoms with Crippen molar-refractivity contribution in [2.45, 2.75) is 33.1 Å². The van der Waals surface area contributed by atoms with E-state index in [1.165, 1.54) is 12.1 Å². The summed E-state index contributed by atoms with van der Waals surface area (Å²) in [6.45, 7) is 3.84. The van der Waals surface area contributed by atoms with E-state index in [1.54, 1.807) is 6.07 Å². The molecule has 0 aliphatic rings. The number of aryl methyl sites for hydroxylation is 1. The molecular formula is C12H18O3. The second-order valence-electron chi connectivity index (χ2n) is 3.14. The highest BCUT2D eigenvalue weighted by atomic mass is 16.3. The maximum absolute atomic E-state index is 9.25. The van der Waals surface area contributed by atoms with Gasteiger partial charge in [-0.25, -0.2) is 0 Å². The first-order valence-electron chi connectivity index (χ1n) is 5.10. The number of phenols is 2. The van der Waals surface area contributed by atoms with Gasteiger partial charge >= 0.3 is 0 Å². The first-order valence-corrected chi connectivity index (χ1v) is 5.10. The van der Waals surface area contributed by atoms with Crippen LogP contribution in [-0.2, 0) is 11.2 Å². The fraction of sp³-hybridized carbons (Fsp3) is 0.417. The van der Waals surface area contributed by atoms with Gasteiger partial charge in [-0.3, -0.25) is 0 Å². The Morgan fingerprint density at radius 3 is 2.33 bits per heavy atom. The van der Waals surface area contributed by atoms with Gasteiger partial charge in [-0.15, -0.1) is 0 Å². The van der Waals surface area contributed by atoms with Crippen LogP contribution in [0.15, 0.2) is 18.2 Å². The molecule has 3 heteroatoms. The van der Waals surface area contributed by atoms with Gasteiger partial charge in [0, 0.05) is 6.42 Å². The maximum Gasteiger partial charge on any atom is 0.119 e. The molecule has 0 spiro atoms. The minimum Gasteiger partial charge on any atom is -0.508 e. The number of aromatic hydroxyl groups is 2. The Morgan fingerprint density at radius 2 is 1.87 bits per heavy atom. The molecule has 0 unspecified atom stereocenters.